The Bertz CT molecular complexity index is 823. The van der Waals surface area contributed by atoms with E-state index in [2.05, 4.69) is 10.6 Å². The fourth-order valence-corrected chi connectivity index (χ4v) is 3.44. The molecule has 0 radical (unpaired) electrons. The number of halogens is 2. The van der Waals surface area contributed by atoms with Crippen molar-refractivity contribution < 1.29 is 23.8 Å². The number of carbonyl (C=O) groups is 2. The highest BCUT2D eigenvalue weighted by molar-refractivity contribution is 6.30. The summed E-state index contributed by atoms with van der Waals surface area (Å²) in [6.07, 6.45) is 0. The van der Waals surface area contributed by atoms with Crippen molar-refractivity contribution in [2.75, 3.05) is 38.0 Å². The third-order valence-electron chi connectivity index (χ3n) is 4.82. The molecule has 1 fully saturated rings. The molecule has 0 aromatic heterocycles. The number of hydrogen-bond acceptors (Lipinski definition) is 2. The molecule has 3 amide bonds. The molecule has 2 aromatic rings. The second kappa shape index (κ2) is 9.64. The van der Waals surface area contributed by atoms with Crippen LogP contribution in [0.1, 0.15) is 5.56 Å². The number of hydrogen-bond donors (Lipinski definition) is 4. The minimum atomic E-state index is -0.721. The molecule has 1 aliphatic rings. The lowest BCUT2D eigenvalue weighted by molar-refractivity contribution is -1.02. The first-order valence-electron chi connectivity index (χ1n) is 9.26. The predicted molar refractivity (Wildman–Crippen MR) is 105 cm³/mol. The molecule has 1 heterocycles. The van der Waals surface area contributed by atoms with E-state index in [1.165, 1.54) is 28.7 Å². The van der Waals surface area contributed by atoms with Crippen molar-refractivity contribution in [3.63, 3.8) is 0 Å². The van der Waals surface area contributed by atoms with Crippen LogP contribution < -0.4 is 20.4 Å². The Labute approximate surface area is 168 Å². The lowest BCUT2D eigenvalue weighted by Crippen LogP contribution is -3.28. The largest absolute Gasteiger partial charge is 0.326 e. The van der Waals surface area contributed by atoms with Gasteiger partial charge in [-0.1, -0.05) is 35.9 Å². The van der Waals surface area contributed by atoms with E-state index in [4.69, 9.17) is 11.6 Å². The molecular weight excluding hydrogens is 383 g/mol. The molecule has 6 nitrogen and oxygen atoms in total. The molecule has 0 unspecified atom stereocenters. The molecule has 3 rings (SSSR count). The van der Waals surface area contributed by atoms with Crippen LogP contribution in [0, 0.1) is 5.82 Å². The predicted octanol–water partition coefficient (Wildman–Crippen LogP) is 0.111. The van der Waals surface area contributed by atoms with Gasteiger partial charge in [0.05, 0.1) is 5.69 Å². The van der Waals surface area contributed by atoms with Crippen molar-refractivity contribution in [3.8, 4) is 0 Å². The van der Waals surface area contributed by atoms with Crippen LogP contribution in [0.25, 0.3) is 0 Å². The van der Waals surface area contributed by atoms with Gasteiger partial charge in [-0.2, -0.15) is 0 Å². The highest BCUT2D eigenvalue weighted by Crippen LogP contribution is 2.11. The van der Waals surface area contributed by atoms with Crippen molar-refractivity contribution in [2.24, 2.45) is 0 Å². The van der Waals surface area contributed by atoms with E-state index in [-0.39, 0.29) is 18.1 Å². The number of urea groups is 1. The van der Waals surface area contributed by atoms with Gasteiger partial charge >= 0.3 is 6.03 Å². The van der Waals surface area contributed by atoms with Gasteiger partial charge in [-0.25, -0.2) is 9.18 Å². The Morgan fingerprint density at radius 3 is 2.29 bits per heavy atom. The van der Waals surface area contributed by atoms with Crippen LogP contribution >= 0.6 is 11.6 Å². The number of rotatable bonds is 5. The molecule has 0 saturated carbocycles. The van der Waals surface area contributed by atoms with Crippen LogP contribution in [0.4, 0.5) is 14.9 Å². The summed E-state index contributed by atoms with van der Waals surface area (Å²) in [5, 5.41) is 5.35. The van der Waals surface area contributed by atoms with Crippen LogP contribution in [0.5, 0.6) is 0 Å². The van der Waals surface area contributed by atoms with Gasteiger partial charge in [0, 0.05) is 10.6 Å². The Kier molecular flexibility index (Phi) is 6.97. The average molecular weight is 407 g/mol. The minimum Gasteiger partial charge on any atom is -0.322 e. The van der Waals surface area contributed by atoms with Crippen LogP contribution in [-0.2, 0) is 11.3 Å². The molecule has 0 bridgehead atoms. The Morgan fingerprint density at radius 1 is 0.964 bits per heavy atom. The fourth-order valence-electron chi connectivity index (χ4n) is 3.32. The lowest BCUT2D eigenvalue weighted by atomic mass is 10.2. The Morgan fingerprint density at radius 2 is 1.61 bits per heavy atom. The highest BCUT2D eigenvalue weighted by atomic mass is 35.5. The zero-order valence-electron chi connectivity index (χ0n) is 15.4. The number of imide groups is 1. The topological polar surface area (TPSA) is 67.1 Å². The molecule has 148 valence electrons. The number of amides is 3. The van der Waals surface area contributed by atoms with Gasteiger partial charge in [0.1, 0.15) is 38.5 Å². The number of quaternary nitrogens is 2. The molecular formula is C20H24ClFN4O2+2. The number of carbonyl (C=O) groups excluding carboxylic acids is 2. The minimum absolute atomic E-state index is 0.0413. The lowest BCUT2D eigenvalue weighted by Gasteiger charge is -2.29. The first kappa shape index (κ1) is 20.3. The van der Waals surface area contributed by atoms with Crippen molar-refractivity contribution in [3.05, 3.63) is 64.9 Å². The molecule has 28 heavy (non-hydrogen) atoms. The summed E-state index contributed by atoms with van der Waals surface area (Å²) in [4.78, 5) is 26.6. The van der Waals surface area contributed by atoms with Crippen molar-refractivity contribution in [2.45, 2.75) is 6.54 Å². The van der Waals surface area contributed by atoms with E-state index < -0.39 is 11.8 Å². The first-order chi connectivity index (χ1) is 13.5. The number of piperazine rings is 1. The SMILES string of the molecule is O=C(C[NH+]1CC[NH+](Cc2ccc(Cl)cc2)CC1)NC(=O)Nc1ccccc1F. The van der Waals surface area contributed by atoms with E-state index in [1.54, 1.807) is 6.07 Å². The smallest absolute Gasteiger partial charge is 0.322 e. The van der Waals surface area contributed by atoms with Gasteiger partial charge < -0.3 is 15.1 Å². The van der Waals surface area contributed by atoms with Gasteiger partial charge in [-0.15, -0.1) is 0 Å². The standard InChI is InChI=1S/C20H22ClFN4O2/c21-16-7-5-15(6-8-16)13-25-9-11-26(12-10-25)14-19(27)24-20(28)23-18-4-2-1-3-17(18)22/h1-8H,9-14H2,(H2,23,24,27,28)/p+2. The number of anilines is 1. The van der Waals surface area contributed by atoms with Crippen LogP contribution in [-0.4, -0.2) is 44.7 Å². The van der Waals surface area contributed by atoms with Crippen LogP contribution in [0.3, 0.4) is 0 Å². The van der Waals surface area contributed by atoms with Crippen molar-refractivity contribution in [1.29, 1.82) is 0 Å². The monoisotopic (exact) mass is 406 g/mol. The summed E-state index contributed by atoms with van der Waals surface area (Å²) in [5.74, 6) is -0.916. The zero-order valence-corrected chi connectivity index (χ0v) is 16.2. The quantitative estimate of drug-likeness (QED) is 0.569. The van der Waals surface area contributed by atoms with Gasteiger partial charge in [-0.3, -0.25) is 10.1 Å². The molecule has 1 aliphatic heterocycles. The maximum absolute atomic E-state index is 13.5. The molecule has 0 atom stereocenters. The fraction of sp³-hybridized carbons (Fsp3) is 0.300. The first-order valence-corrected chi connectivity index (χ1v) is 9.64. The highest BCUT2D eigenvalue weighted by Gasteiger charge is 2.25. The summed E-state index contributed by atoms with van der Waals surface area (Å²) >= 11 is 5.92. The normalized spacial score (nSPS) is 19.1. The number of nitrogens with one attached hydrogen (secondary N) is 4. The van der Waals surface area contributed by atoms with E-state index in [9.17, 15) is 14.0 Å². The maximum atomic E-state index is 13.5. The second-order valence-corrected chi connectivity index (χ2v) is 7.40. The van der Waals surface area contributed by atoms with Gasteiger partial charge in [0.2, 0.25) is 0 Å². The third-order valence-corrected chi connectivity index (χ3v) is 5.07. The molecule has 4 N–H and O–H groups in total. The molecule has 0 aliphatic carbocycles. The third kappa shape index (κ3) is 6.02. The Balaban J connectivity index is 1.39. The maximum Gasteiger partial charge on any atom is 0.326 e. The van der Waals surface area contributed by atoms with E-state index in [0.717, 1.165) is 42.6 Å². The number of benzene rings is 2. The van der Waals surface area contributed by atoms with Gasteiger partial charge in [0.25, 0.3) is 5.91 Å². The van der Waals surface area contributed by atoms with Crippen molar-refractivity contribution >= 4 is 29.2 Å². The van der Waals surface area contributed by atoms with Crippen molar-refractivity contribution in [1.82, 2.24) is 5.32 Å². The van der Waals surface area contributed by atoms with E-state index >= 15 is 0 Å². The molecule has 8 heteroatoms. The second-order valence-electron chi connectivity index (χ2n) is 6.96. The van der Waals surface area contributed by atoms with Gasteiger partial charge in [-0.05, 0) is 24.3 Å². The zero-order chi connectivity index (χ0) is 19.9. The summed E-state index contributed by atoms with van der Waals surface area (Å²) in [5.41, 5.74) is 1.28. The number of para-hydroxylation sites is 1. The van der Waals surface area contributed by atoms with E-state index in [0.29, 0.717) is 0 Å². The molecule has 0 spiro atoms. The summed E-state index contributed by atoms with van der Waals surface area (Å²) < 4.78 is 13.5. The average Bonchev–Trinajstić information content (AvgIpc) is 2.67. The molecule has 1 saturated heterocycles. The summed E-state index contributed by atoms with van der Waals surface area (Å²) in [6.45, 7) is 4.76. The van der Waals surface area contributed by atoms with E-state index in [1.807, 2.05) is 24.3 Å². The Hall–Kier alpha value is -2.48. The molecule has 2 aromatic carbocycles. The summed E-state index contributed by atoms with van der Waals surface area (Å²) in [6, 6.07) is 13.0. The van der Waals surface area contributed by atoms with Crippen LogP contribution in [0.15, 0.2) is 48.5 Å². The summed E-state index contributed by atoms with van der Waals surface area (Å²) in [7, 11) is 0. The van der Waals surface area contributed by atoms with Crippen LogP contribution in [0.2, 0.25) is 5.02 Å². The van der Waals surface area contributed by atoms with Gasteiger partial charge in [0.15, 0.2) is 6.54 Å².